The molecular formula is C25H28F2N6O3. The first-order valence-corrected chi connectivity index (χ1v) is 11.7. The van der Waals surface area contributed by atoms with Crippen molar-refractivity contribution in [2.24, 2.45) is 5.92 Å². The fraction of sp³-hybridized carbons (Fsp3) is 0.400. The van der Waals surface area contributed by atoms with Crippen LogP contribution in [0.25, 0.3) is 11.3 Å². The van der Waals surface area contributed by atoms with Gasteiger partial charge in [-0.2, -0.15) is 0 Å². The van der Waals surface area contributed by atoms with Gasteiger partial charge < -0.3 is 20.1 Å². The highest BCUT2D eigenvalue weighted by Crippen LogP contribution is 2.25. The van der Waals surface area contributed by atoms with E-state index in [9.17, 15) is 18.4 Å². The molecule has 1 aliphatic rings. The van der Waals surface area contributed by atoms with E-state index in [1.807, 2.05) is 20.8 Å². The Morgan fingerprint density at radius 2 is 1.94 bits per heavy atom. The van der Waals surface area contributed by atoms with Crippen LogP contribution in [0, 0.1) is 17.6 Å². The van der Waals surface area contributed by atoms with E-state index >= 15 is 0 Å². The van der Waals surface area contributed by atoms with Crippen molar-refractivity contribution in [2.75, 3.05) is 19.6 Å². The molecule has 0 bridgehead atoms. The van der Waals surface area contributed by atoms with Gasteiger partial charge in [-0.3, -0.25) is 9.59 Å². The number of piperidine rings is 1. The predicted octanol–water partition coefficient (Wildman–Crippen LogP) is 2.90. The quantitative estimate of drug-likeness (QED) is 0.515. The van der Waals surface area contributed by atoms with Crippen LogP contribution >= 0.6 is 0 Å². The molecule has 1 saturated heterocycles. The van der Waals surface area contributed by atoms with E-state index in [0.717, 1.165) is 18.7 Å². The maximum absolute atomic E-state index is 14.1. The Labute approximate surface area is 207 Å². The second-order valence-electron chi connectivity index (χ2n) is 9.26. The van der Waals surface area contributed by atoms with E-state index in [2.05, 4.69) is 30.7 Å². The number of amides is 2. The summed E-state index contributed by atoms with van der Waals surface area (Å²) >= 11 is 0. The standard InChI is InChI=1S/C25H28F2N6O3/c1-4-33-11-8-19(17(14-33)22(34)31-25(2,3)24-28-9-5-10-29-24)30-23(35)20-13-21(36-32-20)16-7-6-15(26)12-18(16)27/h5-7,9-10,12-13,17,19H,4,8,11,14H2,1-3H3,(H,30,35)(H,31,34)/t17-,19-/m0/s1. The summed E-state index contributed by atoms with van der Waals surface area (Å²) < 4.78 is 32.5. The van der Waals surface area contributed by atoms with Crippen molar-refractivity contribution in [3.05, 3.63) is 65.9 Å². The van der Waals surface area contributed by atoms with Gasteiger partial charge in [0, 0.05) is 43.7 Å². The van der Waals surface area contributed by atoms with Crippen LogP contribution < -0.4 is 10.6 Å². The normalized spacial score (nSPS) is 18.6. The molecule has 36 heavy (non-hydrogen) atoms. The Kier molecular flexibility index (Phi) is 7.39. The Morgan fingerprint density at radius 1 is 1.19 bits per heavy atom. The highest BCUT2D eigenvalue weighted by molar-refractivity contribution is 5.94. The molecule has 0 unspecified atom stereocenters. The van der Waals surface area contributed by atoms with E-state index in [1.54, 1.807) is 18.5 Å². The molecular weight excluding hydrogens is 470 g/mol. The second kappa shape index (κ2) is 10.5. The molecule has 190 valence electrons. The molecule has 0 saturated carbocycles. The van der Waals surface area contributed by atoms with Gasteiger partial charge in [0.15, 0.2) is 17.3 Å². The number of aromatic nitrogens is 3. The van der Waals surface area contributed by atoms with Crippen molar-refractivity contribution < 1.29 is 22.9 Å². The number of nitrogens with one attached hydrogen (secondary N) is 2. The molecule has 2 N–H and O–H groups in total. The van der Waals surface area contributed by atoms with Gasteiger partial charge in [-0.25, -0.2) is 18.7 Å². The van der Waals surface area contributed by atoms with Crippen molar-refractivity contribution >= 4 is 11.8 Å². The highest BCUT2D eigenvalue weighted by Gasteiger charge is 2.38. The molecule has 11 heteroatoms. The van der Waals surface area contributed by atoms with Crippen LogP contribution in [0.2, 0.25) is 0 Å². The third-order valence-corrected chi connectivity index (χ3v) is 6.30. The molecule has 0 aliphatic carbocycles. The van der Waals surface area contributed by atoms with Crippen LogP contribution in [-0.2, 0) is 10.3 Å². The monoisotopic (exact) mass is 498 g/mol. The van der Waals surface area contributed by atoms with Crippen molar-refractivity contribution in [3.8, 4) is 11.3 Å². The van der Waals surface area contributed by atoms with Crippen LogP contribution in [-0.4, -0.2) is 57.5 Å². The molecule has 3 heterocycles. The lowest BCUT2D eigenvalue weighted by molar-refractivity contribution is -0.129. The average molecular weight is 499 g/mol. The molecule has 3 aromatic rings. The first-order valence-electron chi connectivity index (χ1n) is 11.7. The third kappa shape index (κ3) is 5.56. The number of benzene rings is 1. The molecule has 0 radical (unpaired) electrons. The third-order valence-electron chi connectivity index (χ3n) is 6.30. The topological polar surface area (TPSA) is 113 Å². The molecule has 2 atom stereocenters. The predicted molar refractivity (Wildman–Crippen MR) is 127 cm³/mol. The Bertz CT molecular complexity index is 1230. The Morgan fingerprint density at radius 3 is 2.64 bits per heavy atom. The molecule has 1 aromatic carbocycles. The Hall–Kier alpha value is -3.73. The van der Waals surface area contributed by atoms with Gasteiger partial charge in [0.05, 0.1) is 17.0 Å². The SMILES string of the molecule is CCN1CC[C@H](NC(=O)c2cc(-c3ccc(F)cc3F)on2)[C@@H](C(=O)NC(C)(C)c2ncccn2)C1. The summed E-state index contributed by atoms with van der Waals surface area (Å²) in [6, 6.07) is 5.56. The number of hydrogen-bond acceptors (Lipinski definition) is 7. The fourth-order valence-corrected chi connectivity index (χ4v) is 4.26. The number of nitrogens with zero attached hydrogens (tertiary/aromatic N) is 4. The lowest BCUT2D eigenvalue weighted by Crippen LogP contribution is -2.58. The summed E-state index contributed by atoms with van der Waals surface area (Å²) in [6.07, 6.45) is 3.78. The largest absolute Gasteiger partial charge is 0.355 e. The van der Waals surface area contributed by atoms with Gasteiger partial charge in [0.2, 0.25) is 5.91 Å². The van der Waals surface area contributed by atoms with Gasteiger partial charge in [0.1, 0.15) is 11.6 Å². The summed E-state index contributed by atoms with van der Waals surface area (Å²) in [5, 5.41) is 9.66. The van der Waals surface area contributed by atoms with Crippen molar-refractivity contribution in [2.45, 2.75) is 38.8 Å². The first kappa shape index (κ1) is 25.4. The highest BCUT2D eigenvalue weighted by atomic mass is 19.1. The van der Waals surface area contributed by atoms with Crippen molar-refractivity contribution in [1.29, 1.82) is 0 Å². The zero-order chi connectivity index (χ0) is 25.9. The molecule has 2 amide bonds. The van der Waals surface area contributed by atoms with Crippen LogP contribution in [0.15, 0.2) is 47.2 Å². The second-order valence-corrected chi connectivity index (χ2v) is 9.26. The minimum Gasteiger partial charge on any atom is -0.355 e. The summed E-state index contributed by atoms with van der Waals surface area (Å²) in [4.78, 5) is 37.0. The first-order chi connectivity index (χ1) is 17.2. The van der Waals surface area contributed by atoms with Gasteiger partial charge >= 0.3 is 0 Å². The number of likely N-dealkylation sites (tertiary alicyclic amines) is 1. The van der Waals surface area contributed by atoms with Crippen LogP contribution in [0.3, 0.4) is 0 Å². The smallest absolute Gasteiger partial charge is 0.273 e. The molecule has 1 aliphatic heterocycles. The van der Waals surface area contributed by atoms with Crippen LogP contribution in [0.1, 0.15) is 43.5 Å². The number of halogens is 2. The van der Waals surface area contributed by atoms with E-state index in [1.165, 1.54) is 12.1 Å². The molecule has 0 spiro atoms. The summed E-state index contributed by atoms with van der Waals surface area (Å²) in [5.74, 6) is -2.39. The lowest BCUT2D eigenvalue weighted by Gasteiger charge is -2.39. The van der Waals surface area contributed by atoms with Crippen LogP contribution in [0.5, 0.6) is 0 Å². The zero-order valence-corrected chi connectivity index (χ0v) is 20.3. The average Bonchev–Trinajstić information content (AvgIpc) is 3.34. The van der Waals surface area contributed by atoms with Gasteiger partial charge in [-0.15, -0.1) is 0 Å². The minimum atomic E-state index is -0.827. The minimum absolute atomic E-state index is 0.00245. The summed E-state index contributed by atoms with van der Waals surface area (Å²) in [7, 11) is 0. The molecule has 1 fully saturated rings. The number of carbonyl (C=O) groups excluding carboxylic acids is 2. The van der Waals surface area contributed by atoms with E-state index in [0.29, 0.717) is 25.3 Å². The maximum Gasteiger partial charge on any atom is 0.273 e. The number of hydrogen-bond donors (Lipinski definition) is 2. The molecule has 9 nitrogen and oxygen atoms in total. The van der Waals surface area contributed by atoms with Crippen molar-refractivity contribution in [1.82, 2.24) is 30.7 Å². The molecule has 2 aromatic heterocycles. The van der Waals surface area contributed by atoms with Gasteiger partial charge in [-0.05, 0) is 45.0 Å². The van der Waals surface area contributed by atoms with Crippen LogP contribution in [0.4, 0.5) is 8.78 Å². The lowest BCUT2D eigenvalue weighted by atomic mass is 9.89. The fourth-order valence-electron chi connectivity index (χ4n) is 4.26. The zero-order valence-electron chi connectivity index (χ0n) is 20.3. The van der Waals surface area contributed by atoms with Gasteiger partial charge in [0.25, 0.3) is 5.91 Å². The number of rotatable bonds is 7. The summed E-state index contributed by atoms with van der Waals surface area (Å²) in [5.41, 5.74) is -0.896. The van der Waals surface area contributed by atoms with Crippen molar-refractivity contribution in [3.63, 3.8) is 0 Å². The van der Waals surface area contributed by atoms with E-state index in [4.69, 9.17) is 4.52 Å². The molecule has 4 rings (SSSR count). The maximum atomic E-state index is 14.1. The number of carbonyl (C=O) groups is 2. The summed E-state index contributed by atoms with van der Waals surface area (Å²) in [6.45, 7) is 7.59. The Balaban J connectivity index is 1.49. The van der Waals surface area contributed by atoms with E-state index < -0.39 is 35.0 Å². The van der Waals surface area contributed by atoms with E-state index in [-0.39, 0.29) is 22.9 Å². The van der Waals surface area contributed by atoms with Gasteiger partial charge in [-0.1, -0.05) is 12.1 Å².